The Balaban J connectivity index is 0.964. The third-order valence-corrected chi connectivity index (χ3v) is 9.21. The maximum atomic E-state index is 13.6. The highest BCUT2D eigenvalue weighted by Crippen LogP contribution is 2.37. The number of ether oxygens (including phenoxy) is 7. The van der Waals surface area contributed by atoms with Gasteiger partial charge in [-0.15, -0.1) is 0 Å². The third kappa shape index (κ3) is 13.6. The number of methoxy groups -OCH3 is 1. The maximum Gasteiger partial charge on any atom is 0.295 e. The van der Waals surface area contributed by atoms with Gasteiger partial charge in [-0.25, -0.2) is 0 Å². The molecule has 2 aromatic heterocycles. The smallest absolute Gasteiger partial charge is 0.295 e. The number of carbonyl (C=O) groups excluding carboxylic acids is 4. The number of rotatable bonds is 27. The lowest BCUT2D eigenvalue weighted by Gasteiger charge is -2.34. The van der Waals surface area contributed by atoms with Gasteiger partial charge in [-0.1, -0.05) is 23.3 Å². The Morgan fingerprint density at radius 3 is 1.98 bits per heavy atom. The lowest BCUT2D eigenvalue weighted by Crippen LogP contribution is -2.52. The van der Waals surface area contributed by atoms with Crippen molar-refractivity contribution in [2.75, 3.05) is 119 Å². The second-order valence-electron chi connectivity index (χ2n) is 13.2. The maximum absolute atomic E-state index is 13.6. The monoisotopic (exact) mass is 833 g/mol. The summed E-state index contributed by atoms with van der Waals surface area (Å²) in [6.07, 6.45) is 1.49. The van der Waals surface area contributed by atoms with E-state index >= 15 is 0 Å². The molecule has 2 N–H and O–H groups in total. The molecule has 60 heavy (non-hydrogen) atoms. The van der Waals surface area contributed by atoms with Crippen LogP contribution in [0.2, 0.25) is 0 Å². The fourth-order valence-corrected chi connectivity index (χ4v) is 6.18. The number of aromatic amines is 1. The van der Waals surface area contributed by atoms with E-state index < -0.39 is 11.7 Å². The summed E-state index contributed by atoms with van der Waals surface area (Å²) >= 11 is 0. The van der Waals surface area contributed by atoms with Crippen LogP contribution in [0, 0.1) is 0 Å². The molecule has 1 fully saturated rings. The quantitative estimate of drug-likeness (QED) is 0.0219. The second kappa shape index (κ2) is 25.0. The number of nitrogens with one attached hydrogen (secondary N) is 2. The lowest BCUT2D eigenvalue weighted by atomic mass is 10.0. The van der Waals surface area contributed by atoms with Crippen molar-refractivity contribution in [1.29, 1.82) is 0 Å². The van der Waals surface area contributed by atoms with Gasteiger partial charge in [0.1, 0.15) is 23.9 Å². The zero-order valence-electron chi connectivity index (χ0n) is 33.6. The number of hydrogen-bond donors (Lipinski definition) is 2. The number of fused-ring (bicyclic) bond motifs is 1. The van der Waals surface area contributed by atoms with Gasteiger partial charge in [-0.2, -0.15) is 0 Å². The van der Waals surface area contributed by atoms with Crippen LogP contribution in [-0.4, -0.2) is 157 Å². The standard InChI is InChI=1S/C41H51N7O12/c1-53-35-10-8-32(38-37(35)33(28-44-38)39(50)41(52)48-14-12-47(13-15-48)40(51)30-5-3-2-4-6-30)34-9-7-31(60-34)27-43-36(49)29-59-26-25-58-24-23-57-22-21-56-20-19-55-18-17-54-16-11-45-46-42/h2-10,28,44H,11-27,29H2,1H3,(H,43,49). The van der Waals surface area contributed by atoms with E-state index in [-0.39, 0.29) is 50.2 Å². The number of piperazine rings is 1. The van der Waals surface area contributed by atoms with E-state index in [4.69, 9.17) is 43.1 Å². The zero-order valence-corrected chi connectivity index (χ0v) is 33.6. The summed E-state index contributed by atoms with van der Waals surface area (Å²) in [6, 6.07) is 15.9. The summed E-state index contributed by atoms with van der Waals surface area (Å²) < 4.78 is 44.0. The Hall–Kier alpha value is -5.79. The Morgan fingerprint density at radius 1 is 0.767 bits per heavy atom. The summed E-state index contributed by atoms with van der Waals surface area (Å²) in [6.45, 7) is 5.58. The highest BCUT2D eigenvalue weighted by molar-refractivity contribution is 6.45. The van der Waals surface area contributed by atoms with Crippen molar-refractivity contribution >= 4 is 34.4 Å². The molecule has 0 spiro atoms. The van der Waals surface area contributed by atoms with Crippen molar-refractivity contribution in [1.82, 2.24) is 20.1 Å². The average molecular weight is 834 g/mol. The molecule has 1 aliphatic rings. The number of Topliss-reactive ketones (excluding diaryl/α,β-unsaturated/α-hetero) is 1. The Bertz CT molecular complexity index is 2020. The van der Waals surface area contributed by atoms with Crippen LogP contribution in [0.4, 0.5) is 0 Å². The molecule has 322 valence electrons. The van der Waals surface area contributed by atoms with Crippen LogP contribution in [-0.2, 0) is 44.6 Å². The molecule has 2 aromatic carbocycles. The first-order valence-corrected chi connectivity index (χ1v) is 19.6. The van der Waals surface area contributed by atoms with Crippen LogP contribution in [0.1, 0.15) is 26.5 Å². The number of H-pyrrole nitrogens is 1. The van der Waals surface area contributed by atoms with E-state index in [0.717, 1.165) is 0 Å². The molecule has 0 unspecified atom stereocenters. The van der Waals surface area contributed by atoms with Crippen LogP contribution in [0.5, 0.6) is 5.75 Å². The molecule has 0 aliphatic carbocycles. The minimum atomic E-state index is -0.692. The van der Waals surface area contributed by atoms with Gasteiger partial charge in [0.2, 0.25) is 5.91 Å². The number of carbonyl (C=O) groups is 4. The number of azide groups is 1. The van der Waals surface area contributed by atoms with Gasteiger partial charge in [0.05, 0.1) is 103 Å². The van der Waals surface area contributed by atoms with Gasteiger partial charge in [-0.3, -0.25) is 19.2 Å². The fraction of sp³-hybridized carbons (Fsp3) is 0.463. The highest BCUT2D eigenvalue weighted by atomic mass is 16.6. The molecule has 0 bridgehead atoms. The molecule has 0 atom stereocenters. The normalized spacial score (nSPS) is 12.7. The minimum absolute atomic E-state index is 0.114. The molecule has 19 heteroatoms. The topological polar surface area (TPSA) is 229 Å². The van der Waals surface area contributed by atoms with Crippen LogP contribution >= 0.6 is 0 Å². The van der Waals surface area contributed by atoms with Crippen LogP contribution in [0.25, 0.3) is 32.7 Å². The Labute approximate surface area is 346 Å². The summed E-state index contributed by atoms with van der Waals surface area (Å²) in [5, 5.41) is 6.58. The first kappa shape index (κ1) is 45.3. The van der Waals surface area contributed by atoms with Crippen molar-refractivity contribution < 1.29 is 56.8 Å². The van der Waals surface area contributed by atoms with E-state index in [9.17, 15) is 19.2 Å². The molecule has 4 aromatic rings. The van der Waals surface area contributed by atoms with Gasteiger partial charge in [0, 0.05) is 55.0 Å². The molecular formula is C41H51N7O12. The van der Waals surface area contributed by atoms with Gasteiger partial charge < -0.3 is 57.7 Å². The van der Waals surface area contributed by atoms with Gasteiger partial charge in [0.15, 0.2) is 0 Å². The van der Waals surface area contributed by atoms with Crippen LogP contribution in [0.15, 0.2) is 70.3 Å². The number of aromatic nitrogens is 1. The molecule has 1 aliphatic heterocycles. The first-order valence-electron chi connectivity index (χ1n) is 19.6. The van der Waals surface area contributed by atoms with Crippen LogP contribution < -0.4 is 10.1 Å². The minimum Gasteiger partial charge on any atom is -0.496 e. The first-order chi connectivity index (χ1) is 29.4. The van der Waals surface area contributed by atoms with Gasteiger partial charge in [0.25, 0.3) is 17.6 Å². The van der Waals surface area contributed by atoms with Crippen LogP contribution in [0.3, 0.4) is 0 Å². The molecule has 3 heterocycles. The Morgan fingerprint density at radius 2 is 1.37 bits per heavy atom. The SMILES string of the molecule is COc1ccc(-c2ccc(CNC(=O)COCCOCCOCCOCCOCCOCCN=[N+]=[N-])o2)c2[nH]cc(C(=O)C(=O)N3CCN(C(=O)c4ccccc4)CC3)c12. The number of nitrogens with zero attached hydrogens (tertiary/aromatic N) is 5. The number of amides is 3. The molecule has 5 rings (SSSR count). The Kier molecular flexibility index (Phi) is 18.9. The van der Waals surface area contributed by atoms with Crippen molar-refractivity contribution in [2.24, 2.45) is 5.11 Å². The van der Waals surface area contributed by atoms with E-state index in [1.54, 1.807) is 53.4 Å². The molecule has 0 radical (unpaired) electrons. The summed E-state index contributed by atoms with van der Waals surface area (Å²) in [7, 11) is 1.49. The van der Waals surface area contributed by atoms with Crippen molar-refractivity contribution in [3.63, 3.8) is 0 Å². The summed E-state index contributed by atoms with van der Waals surface area (Å²) in [5.74, 6) is -0.416. The van der Waals surface area contributed by atoms with Crippen molar-refractivity contribution in [3.05, 3.63) is 88.1 Å². The molecule has 0 saturated carbocycles. The highest BCUT2D eigenvalue weighted by Gasteiger charge is 2.31. The van der Waals surface area contributed by atoms with E-state index in [0.29, 0.717) is 125 Å². The second-order valence-corrected chi connectivity index (χ2v) is 13.2. The van der Waals surface area contributed by atoms with E-state index in [2.05, 4.69) is 20.3 Å². The number of hydrogen-bond acceptors (Lipinski definition) is 13. The molecule has 3 amide bonds. The third-order valence-electron chi connectivity index (χ3n) is 9.21. The summed E-state index contributed by atoms with van der Waals surface area (Å²) in [5.41, 5.74) is 10.1. The zero-order chi connectivity index (χ0) is 42.4. The molecule has 19 nitrogen and oxygen atoms in total. The number of ketones is 1. The number of furan rings is 1. The average Bonchev–Trinajstić information content (AvgIpc) is 3.95. The molecular weight excluding hydrogens is 782 g/mol. The van der Waals surface area contributed by atoms with Gasteiger partial charge >= 0.3 is 0 Å². The van der Waals surface area contributed by atoms with Crippen molar-refractivity contribution in [3.8, 4) is 17.1 Å². The fourth-order valence-electron chi connectivity index (χ4n) is 6.18. The predicted molar refractivity (Wildman–Crippen MR) is 217 cm³/mol. The van der Waals surface area contributed by atoms with Gasteiger partial charge in [-0.05, 0) is 41.9 Å². The largest absolute Gasteiger partial charge is 0.496 e. The predicted octanol–water partition coefficient (Wildman–Crippen LogP) is 3.63. The molecule has 1 saturated heterocycles. The number of benzene rings is 2. The van der Waals surface area contributed by atoms with E-state index in [1.807, 2.05) is 6.07 Å². The summed E-state index contributed by atoms with van der Waals surface area (Å²) in [4.78, 5) is 61.2. The lowest BCUT2D eigenvalue weighted by molar-refractivity contribution is -0.128. The van der Waals surface area contributed by atoms with Crippen molar-refractivity contribution in [2.45, 2.75) is 6.54 Å². The van der Waals surface area contributed by atoms with E-state index in [1.165, 1.54) is 18.2 Å².